The first-order valence-electron chi connectivity index (χ1n) is 8.98. The van der Waals surface area contributed by atoms with Gasteiger partial charge in [0.1, 0.15) is 5.69 Å². The minimum atomic E-state index is -0.0651. The summed E-state index contributed by atoms with van der Waals surface area (Å²) in [7, 11) is 0. The van der Waals surface area contributed by atoms with E-state index in [1.165, 1.54) is 0 Å². The predicted octanol–water partition coefficient (Wildman–Crippen LogP) is 5.37. The fraction of sp³-hybridized carbons (Fsp3) is 0.250. The van der Waals surface area contributed by atoms with Crippen LogP contribution in [-0.2, 0) is 4.79 Å². The third-order valence-corrected chi connectivity index (χ3v) is 6.26. The van der Waals surface area contributed by atoms with Crippen molar-refractivity contribution >= 4 is 52.0 Å². The number of amides is 1. The largest absolute Gasteiger partial charge is 0.355 e. The smallest absolute Gasteiger partial charge is 0.227 e. The summed E-state index contributed by atoms with van der Waals surface area (Å²) in [5.41, 5.74) is 1.43. The highest BCUT2D eigenvalue weighted by molar-refractivity contribution is 7.13. The molecule has 4 rings (SSSR count). The Balaban J connectivity index is 1.35. The number of hydrogen-bond acceptors (Lipinski definition) is 5. The molecule has 0 bridgehead atoms. The molecule has 28 heavy (non-hydrogen) atoms. The predicted molar refractivity (Wildman–Crippen MR) is 115 cm³/mol. The number of hydrogen-bond donors (Lipinski definition) is 1. The topological polar surface area (TPSA) is 58.1 Å². The molecule has 1 aliphatic heterocycles. The van der Waals surface area contributed by atoms with Gasteiger partial charge in [-0.3, -0.25) is 4.79 Å². The van der Waals surface area contributed by atoms with Crippen LogP contribution in [0, 0.1) is 5.92 Å². The second kappa shape index (κ2) is 8.47. The Kier molecular flexibility index (Phi) is 5.80. The SMILES string of the molecule is O=C(Nc1cc(Cl)ccc1Cl)C1CCN(c2ccc(-c3cccs3)nn2)CC1. The summed E-state index contributed by atoms with van der Waals surface area (Å²) in [6, 6.07) is 13.1. The van der Waals surface area contributed by atoms with Crippen molar-refractivity contribution in [3.63, 3.8) is 0 Å². The molecule has 1 N–H and O–H groups in total. The van der Waals surface area contributed by atoms with Crippen LogP contribution in [0.1, 0.15) is 12.8 Å². The molecule has 0 unspecified atom stereocenters. The molecular formula is C20H18Cl2N4OS. The zero-order valence-electron chi connectivity index (χ0n) is 14.9. The lowest BCUT2D eigenvalue weighted by Crippen LogP contribution is -2.38. The van der Waals surface area contributed by atoms with Gasteiger partial charge in [0.25, 0.3) is 0 Å². The van der Waals surface area contributed by atoms with Crippen molar-refractivity contribution in [3.05, 3.63) is 57.9 Å². The van der Waals surface area contributed by atoms with Crippen LogP contribution in [0.3, 0.4) is 0 Å². The third-order valence-electron chi connectivity index (χ3n) is 4.80. The van der Waals surface area contributed by atoms with Crippen molar-refractivity contribution < 1.29 is 4.79 Å². The van der Waals surface area contributed by atoms with Gasteiger partial charge in [0.05, 0.1) is 15.6 Å². The van der Waals surface area contributed by atoms with E-state index in [0.717, 1.165) is 42.3 Å². The van der Waals surface area contributed by atoms with Gasteiger partial charge in [0, 0.05) is 24.0 Å². The van der Waals surface area contributed by atoms with E-state index < -0.39 is 0 Å². The number of aromatic nitrogens is 2. The van der Waals surface area contributed by atoms with E-state index in [1.54, 1.807) is 29.5 Å². The van der Waals surface area contributed by atoms with Crippen LogP contribution >= 0.6 is 34.5 Å². The number of thiophene rings is 1. The van der Waals surface area contributed by atoms with E-state index in [4.69, 9.17) is 23.2 Å². The summed E-state index contributed by atoms with van der Waals surface area (Å²) in [4.78, 5) is 15.9. The molecule has 1 saturated heterocycles. The summed E-state index contributed by atoms with van der Waals surface area (Å²) < 4.78 is 0. The summed E-state index contributed by atoms with van der Waals surface area (Å²) in [5.74, 6) is 0.754. The summed E-state index contributed by atoms with van der Waals surface area (Å²) in [6.45, 7) is 1.52. The molecule has 2 aromatic heterocycles. The van der Waals surface area contributed by atoms with Crippen LogP contribution in [0.5, 0.6) is 0 Å². The minimum Gasteiger partial charge on any atom is -0.355 e. The van der Waals surface area contributed by atoms with Gasteiger partial charge in [0.2, 0.25) is 5.91 Å². The number of anilines is 2. The van der Waals surface area contributed by atoms with E-state index in [2.05, 4.69) is 20.4 Å². The van der Waals surface area contributed by atoms with Crippen LogP contribution in [0.4, 0.5) is 11.5 Å². The van der Waals surface area contributed by atoms with Gasteiger partial charge >= 0.3 is 0 Å². The lowest BCUT2D eigenvalue weighted by molar-refractivity contribution is -0.120. The van der Waals surface area contributed by atoms with Crippen molar-refractivity contribution in [1.29, 1.82) is 0 Å². The average molecular weight is 433 g/mol. The van der Waals surface area contributed by atoms with Gasteiger partial charge in [-0.15, -0.1) is 21.5 Å². The summed E-state index contributed by atoms with van der Waals surface area (Å²) in [6.07, 6.45) is 1.50. The first-order chi connectivity index (χ1) is 13.6. The van der Waals surface area contributed by atoms with E-state index in [9.17, 15) is 4.79 Å². The lowest BCUT2D eigenvalue weighted by Gasteiger charge is -2.31. The van der Waals surface area contributed by atoms with Gasteiger partial charge in [-0.25, -0.2) is 0 Å². The molecule has 0 radical (unpaired) electrons. The molecule has 144 valence electrons. The summed E-state index contributed by atoms with van der Waals surface area (Å²) in [5, 5.41) is 14.7. The van der Waals surface area contributed by atoms with E-state index in [1.807, 2.05) is 29.6 Å². The standard InChI is InChI=1S/C20H18Cl2N4OS/c21-14-3-4-15(22)17(12-14)23-20(27)13-7-9-26(10-8-13)19-6-5-16(24-25-19)18-2-1-11-28-18/h1-6,11-13H,7-10H2,(H,23,27). The summed E-state index contributed by atoms with van der Waals surface area (Å²) >= 11 is 13.8. The molecule has 1 aliphatic rings. The highest BCUT2D eigenvalue weighted by Crippen LogP contribution is 2.28. The molecule has 0 spiro atoms. The third kappa shape index (κ3) is 4.29. The molecule has 1 fully saturated rings. The monoisotopic (exact) mass is 432 g/mol. The molecule has 0 saturated carbocycles. The fourth-order valence-corrected chi connectivity index (χ4v) is 4.28. The number of carbonyl (C=O) groups is 1. The van der Waals surface area contributed by atoms with Crippen LogP contribution in [0.15, 0.2) is 47.8 Å². The second-order valence-electron chi connectivity index (χ2n) is 6.63. The fourth-order valence-electron chi connectivity index (χ4n) is 3.25. The molecule has 1 aromatic carbocycles. The molecular weight excluding hydrogens is 415 g/mol. The van der Waals surface area contributed by atoms with E-state index >= 15 is 0 Å². The Morgan fingerprint density at radius 2 is 1.93 bits per heavy atom. The molecule has 8 heteroatoms. The van der Waals surface area contributed by atoms with Crippen molar-refractivity contribution in [2.45, 2.75) is 12.8 Å². The van der Waals surface area contributed by atoms with Crippen LogP contribution in [0.25, 0.3) is 10.6 Å². The Labute approximate surface area is 177 Å². The zero-order chi connectivity index (χ0) is 19.5. The Morgan fingerprint density at radius 3 is 2.61 bits per heavy atom. The molecule has 0 atom stereocenters. The molecule has 0 aliphatic carbocycles. The number of rotatable bonds is 4. The first kappa shape index (κ1) is 19.2. The zero-order valence-corrected chi connectivity index (χ0v) is 17.3. The highest BCUT2D eigenvalue weighted by atomic mass is 35.5. The van der Waals surface area contributed by atoms with Crippen molar-refractivity contribution in [1.82, 2.24) is 10.2 Å². The van der Waals surface area contributed by atoms with E-state index in [-0.39, 0.29) is 11.8 Å². The quantitative estimate of drug-likeness (QED) is 0.601. The minimum absolute atomic E-state index is 0.0251. The number of nitrogens with zero attached hydrogens (tertiary/aromatic N) is 3. The number of benzene rings is 1. The van der Waals surface area contributed by atoms with Gasteiger partial charge in [0.15, 0.2) is 5.82 Å². The maximum absolute atomic E-state index is 12.6. The molecule has 1 amide bonds. The van der Waals surface area contributed by atoms with Crippen molar-refractivity contribution in [2.24, 2.45) is 5.92 Å². The highest BCUT2D eigenvalue weighted by Gasteiger charge is 2.26. The Hall–Kier alpha value is -2.15. The number of halogens is 2. The van der Waals surface area contributed by atoms with Gasteiger partial charge in [-0.1, -0.05) is 29.3 Å². The first-order valence-corrected chi connectivity index (χ1v) is 10.6. The van der Waals surface area contributed by atoms with Crippen LogP contribution < -0.4 is 10.2 Å². The number of piperidine rings is 1. The second-order valence-corrected chi connectivity index (χ2v) is 8.42. The molecule has 3 heterocycles. The molecule has 3 aromatic rings. The van der Waals surface area contributed by atoms with Crippen LogP contribution in [0.2, 0.25) is 10.0 Å². The number of carbonyl (C=O) groups excluding carboxylic acids is 1. The Bertz CT molecular complexity index is 955. The Morgan fingerprint density at radius 1 is 1.11 bits per heavy atom. The molecule has 5 nitrogen and oxygen atoms in total. The maximum atomic E-state index is 12.6. The van der Waals surface area contributed by atoms with Gasteiger partial charge < -0.3 is 10.2 Å². The van der Waals surface area contributed by atoms with Crippen molar-refractivity contribution in [3.8, 4) is 10.6 Å². The lowest BCUT2D eigenvalue weighted by atomic mass is 9.96. The number of nitrogens with one attached hydrogen (secondary N) is 1. The van der Waals surface area contributed by atoms with Gasteiger partial charge in [-0.05, 0) is 54.6 Å². The van der Waals surface area contributed by atoms with Crippen molar-refractivity contribution in [2.75, 3.05) is 23.3 Å². The van der Waals surface area contributed by atoms with Gasteiger partial charge in [-0.2, -0.15) is 0 Å². The van der Waals surface area contributed by atoms with E-state index in [0.29, 0.717) is 15.7 Å². The maximum Gasteiger partial charge on any atom is 0.227 e. The normalized spacial score (nSPS) is 14.9. The van der Waals surface area contributed by atoms with Crippen LogP contribution in [-0.4, -0.2) is 29.2 Å². The average Bonchev–Trinajstić information content (AvgIpc) is 3.26.